The predicted molar refractivity (Wildman–Crippen MR) is 60.2 cm³/mol. The Morgan fingerprint density at radius 3 is 2.73 bits per heavy atom. The molecule has 1 aliphatic rings. The Kier molecular flexibility index (Phi) is 3.49. The normalized spacial score (nSPS) is 17.5. The first-order valence-corrected chi connectivity index (χ1v) is 5.67. The number of para-hydroxylation sites is 1. The van der Waals surface area contributed by atoms with E-state index in [2.05, 4.69) is 0 Å². The molecule has 1 aromatic carbocycles. The van der Waals surface area contributed by atoms with Gasteiger partial charge >= 0.3 is 0 Å². The lowest BCUT2D eigenvalue weighted by Crippen LogP contribution is -2.18. The van der Waals surface area contributed by atoms with Crippen molar-refractivity contribution in [1.29, 1.82) is 0 Å². The van der Waals surface area contributed by atoms with Crippen molar-refractivity contribution in [2.24, 2.45) is 11.8 Å². The predicted octanol–water partition coefficient (Wildman–Crippen LogP) is 2.74. The first-order chi connectivity index (χ1) is 7.31. The molecule has 0 heterocycles. The zero-order valence-corrected chi connectivity index (χ0v) is 9.28. The zero-order valence-electron chi connectivity index (χ0n) is 8.53. The summed E-state index contributed by atoms with van der Waals surface area (Å²) in [5, 5.41) is 9.80. The van der Waals surface area contributed by atoms with Gasteiger partial charge in [0.2, 0.25) is 0 Å². The second kappa shape index (κ2) is 4.86. The number of halogens is 1. The van der Waals surface area contributed by atoms with E-state index in [9.17, 15) is 5.11 Å². The van der Waals surface area contributed by atoms with Crippen molar-refractivity contribution in [1.82, 2.24) is 0 Å². The maximum Gasteiger partial charge on any atom is 0.137 e. The Balaban J connectivity index is 1.89. The first kappa shape index (κ1) is 10.8. The Bertz CT molecular complexity index is 323. The second-order valence-electron chi connectivity index (χ2n) is 4.02. The van der Waals surface area contributed by atoms with Gasteiger partial charge < -0.3 is 9.84 Å². The minimum atomic E-state index is 0.203. The Morgan fingerprint density at radius 1 is 1.40 bits per heavy atom. The molecule has 15 heavy (non-hydrogen) atoms. The Morgan fingerprint density at radius 2 is 2.13 bits per heavy atom. The Hall–Kier alpha value is -0.730. The summed E-state index contributed by atoms with van der Waals surface area (Å²) >= 11 is 5.96. The molecule has 1 saturated carbocycles. The van der Waals surface area contributed by atoms with E-state index in [1.54, 1.807) is 0 Å². The van der Waals surface area contributed by atoms with Crippen molar-refractivity contribution in [3.05, 3.63) is 29.3 Å². The van der Waals surface area contributed by atoms with Crippen LogP contribution >= 0.6 is 11.6 Å². The van der Waals surface area contributed by atoms with Crippen LogP contribution in [0.1, 0.15) is 12.8 Å². The monoisotopic (exact) mass is 226 g/mol. The van der Waals surface area contributed by atoms with E-state index in [-0.39, 0.29) is 12.5 Å². The van der Waals surface area contributed by atoms with E-state index in [0.29, 0.717) is 23.3 Å². The van der Waals surface area contributed by atoms with Crippen molar-refractivity contribution >= 4 is 11.6 Å². The van der Waals surface area contributed by atoms with Crippen LogP contribution in [0, 0.1) is 11.8 Å². The van der Waals surface area contributed by atoms with Gasteiger partial charge in [0.05, 0.1) is 11.6 Å². The van der Waals surface area contributed by atoms with Crippen LogP contribution in [0.4, 0.5) is 0 Å². The third kappa shape index (κ3) is 2.86. The van der Waals surface area contributed by atoms with Crippen LogP contribution in [0.3, 0.4) is 0 Å². The Labute approximate surface area is 94.8 Å². The van der Waals surface area contributed by atoms with Crippen LogP contribution in [0.2, 0.25) is 5.02 Å². The van der Waals surface area contributed by atoms with E-state index in [4.69, 9.17) is 16.3 Å². The fourth-order valence-corrected chi connectivity index (χ4v) is 1.85. The lowest BCUT2D eigenvalue weighted by Gasteiger charge is -2.14. The molecule has 0 bridgehead atoms. The molecule has 1 unspecified atom stereocenters. The molecule has 1 aromatic rings. The van der Waals surface area contributed by atoms with E-state index in [1.165, 1.54) is 12.8 Å². The second-order valence-corrected chi connectivity index (χ2v) is 4.43. The molecule has 2 rings (SSSR count). The van der Waals surface area contributed by atoms with Gasteiger partial charge in [-0.05, 0) is 30.9 Å². The number of benzene rings is 1. The highest BCUT2D eigenvalue weighted by atomic mass is 35.5. The van der Waals surface area contributed by atoms with E-state index >= 15 is 0 Å². The fourth-order valence-electron chi connectivity index (χ4n) is 1.66. The SMILES string of the molecule is OCC(COc1ccccc1Cl)C1CC1. The van der Waals surface area contributed by atoms with Gasteiger partial charge in [0, 0.05) is 12.5 Å². The van der Waals surface area contributed by atoms with Gasteiger partial charge in [0.25, 0.3) is 0 Å². The van der Waals surface area contributed by atoms with Gasteiger partial charge in [-0.2, -0.15) is 0 Å². The number of hydrogen-bond donors (Lipinski definition) is 1. The molecule has 82 valence electrons. The van der Waals surface area contributed by atoms with Gasteiger partial charge in [-0.3, -0.25) is 0 Å². The largest absolute Gasteiger partial charge is 0.492 e. The number of aliphatic hydroxyl groups excluding tert-OH is 1. The number of rotatable bonds is 5. The van der Waals surface area contributed by atoms with Crippen LogP contribution in [0.15, 0.2) is 24.3 Å². The summed E-state index contributed by atoms with van der Waals surface area (Å²) in [6.45, 7) is 0.764. The summed E-state index contributed by atoms with van der Waals surface area (Å²) in [6.07, 6.45) is 2.44. The maximum absolute atomic E-state index is 9.17. The summed E-state index contributed by atoms with van der Waals surface area (Å²) in [4.78, 5) is 0. The average Bonchev–Trinajstić information content (AvgIpc) is 3.06. The molecule has 0 radical (unpaired) electrons. The van der Waals surface area contributed by atoms with Crippen molar-refractivity contribution in [3.8, 4) is 5.75 Å². The highest BCUT2D eigenvalue weighted by molar-refractivity contribution is 6.32. The average molecular weight is 227 g/mol. The third-order valence-electron chi connectivity index (χ3n) is 2.81. The van der Waals surface area contributed by atoms with Crippen LogP contribution in [-0.4, -0.2) is 18.3 Å². The summed E-state index contributed by atoms with van der Waals surface area (Å²) in [5.41, 5.74) is 0. The quantitative estimate of drug-likeness (QED) is 0.837. The number of hydrogen-bond acceptors (Lipinski definition) is 2. The third-order valence-corrected chi connectivity index (χ3v) is 3.12. The van der Waals surface area contributed by atoms with Gasteiger partial charge in [0.1, 0.15) is 5.75 Å². The lowest BCUT2D eigenvalue weighted by atomic mass is 10.1. The standard InChI is InChI=1S/C12H15ClO2/c13-11-3-1-2-4-12(11)15-8-10(7-14)9-5-6-9/h1-4,9-10,14H,5-8H2. The fraction of sp³-hybridized carbons (Fsp3) is 0.500. The van der Waals surface area contributed by atoms with E-state index in [0.717, 1.165) is 0 Å². The van der Waals surface area contributed by atoms with Gasteiger partial charge in [-0.25, -0.2) is 0 Å². The van der Waals surface area contributed by atoms with Crippen molar-refractivity contribution < 1.29 is 9.84 Å². The minimum absolute atomic E-state index is 0.203. The highest BCUT2D eigenvalue weighted by Crippen LogP contribution is 2.37. The number of ether oxygens (including phenoxy) is 1. The van der Waals surface area contributed by atoms with Crippen LogP contribution in [-0.2, 0) is 0 Å². The van der Waals surface area contributed by atoms with Gasteiger partial charge in [-0.1, -0.05) is 23.7 Å². The van der Waals surface area contributed by atoms with Crippen molar-refractivity contribution in [2.75, 3.05) is 13.2 Å². The highest BCUT2D eigenvalue weighted by Gasteiger charge is 2.31. The minimum Gasteiger partial charge on any atom is -0.492 e. The van der Waals surface area contributed by atoms with Gasteiger partial charge in [0.15, 0.2) is 0 Å². The molecule has 1 aliphatic carbocycles. The number of aliphatic hydroxyl groups is 1. The lowest BCUT2D eigenvalue weighted by molar-refractivity contribution is 0.147. The van der Waals surface area contributed by atoms with Crippen LogP contribution in [0.25, 0.3) is 0 Å². The molecule has 1 fully saturated rings. The van der Waals surface area contributed by atoms with Crippen molar-refractivity contribution in [2.45, 2.75) is 12.8 Å². The van der Waals surface area contributed by atoms with Crippen LogP contribution < -0.4 is 4.74 Å². The molecule has 1 atom stereocenters. The maximum atomic E-state index is 9.17. The summed E-state index contributed by atoms with van der Waals surface area (Å²) in [7, 11) is 0. The topological polar surface area (TPSA) is 29.5 Å². The summed E-state index contributed by atoms with van der Waals surface area (Å²) in [6, 6.07) is 7.43. The smallest absolute Gasteiger partial charge is 0.137 e. The molecule has 0 amide bonds. The molecule has 0 aliphatic heterocycles. The zero-order chi connectivity index (χ0) is 10.7. The van der Waals surface area contributed by atoms with Crippen LogP contribution in [0.5, 0.6) is 5.75 Å². The van der Waals surface area contributed by atoms with Gasteiger partial charge in [-0.15, -0.1) is 0 Å². The molecule has 0 saturated heterocycles. The van der Waals surface area contributed by atoms with E-state index in [1.807, 2.05) is 24.3 Å². The molecular weight excluding hydrogens is 212 g/mol. The molecular formula is C12H15ClO2. The summed E-state index contributed by atoms with van der Waals surface area (Å²) in [5.74, 6) is 1.62. The molecule has 0 spiro atoms. The van der Waals surface area contributed by atoms with E-state index < -0.39 is 0 Å². The molecule has 3 heteroatoms. The van der Waals surface area contributed by atoms with Crippen molar-refractivity contribution in [3.63, 3.8) is 0 Å². The summed E-state index contributed by atoms with van der Waals surface area (Å²) < 4.78 is 5.60. The molecule has 2 nitrogen and oxygen atoms in total. The first-order valence-electron chi connectivity index (χ1n) is 5.29. The molecule has 1 N–H and O–H groups in total. The molecule has 0 aromatic heterocycles.